The summed E-state index contributed by atoms with van der Waals surface area (Å²) < 4.78 is 11.2. The van der Waals surface area contributed by atoms with Crippen molar-refractivity contribution in [2.75, 3.05) is 39.9 Å². The van der Waals surface area contributed by atoms with E-state index in [1.165, 1.54) is 5.56 Å². The second-order valence-corrected chi connectivity index (χ2v) is 9.87. The standard InChI is InChI=1S/C30H30N4O4/c1-37-23-8-6-20(7-9-23)19-33-11-13-34(14-12-33)30(36)26-17-21(16-22-10-15-38-28(22)26)18-27-24-4-2-3-5-25(24)29(35)32-31-27/h2-9,16-17H,10-15,18-19H2,1H3,(H,32,35). The second kappa shape index (κ2) is 10.3. The SMILES string of the molecule is COc1ccc(CN2CCN(C(=O)c3cc(Cc4n[nH]c(=O)c5ccccc45)cc4c3OCC4)CC2)cc1. The maximum atomic E-state index is 13.7. The molecule has 1 N–H and O–H groups in total. The van der Waals surface area contributed by atoms with Crippen molar-refractivity contribution < 1.29 is 14.3 Å². The third-order valence-corrected chi connectivity index (χ3v) is 7.45. The average Bonchev–Trinajstić information content (AvgIpc) is 3.44. The van der Waals surface area contributed by atoms with Gasteiger partial charge < -0.3 is 14.4 Å². The zero-order valence-corrected chi connectivity index (χ0v) is 21.4. The van der Waals surface area contributed by atoms with E-state index in [1.807, 2.05) is 41.3 Å². The Morgan fingerprint density at radius 3 is 2.53 bits per heavy atom. The van der Waals surface area contributed by atoms with E-state index in [0.29, 0.717) is 42.8 Å². The molecule has 8 nitrogen and oxygen atoms in total. The van der Waals surface area contributed by atoms with Crippen LogP contribution in [0.2, 0.25) is 0 Å². The first-order valence-corrected chi connectivity index (χ1v) is 13.0. The van der Waals surface area contributed by atoms with E-state index in [1.54, 1.807) is 13.2 Å². The van der Waals surface area contributed by atoms with Gasteiger partial charge in [-0.3, -0.25) is 14.5 Å². The quantitative estimate of drug-likeness (QED) is 0.428. The number of hydrogen-bond donors (Lipinski definition) is 1. The number of aromatic amines is 1. The van der Waals surface area contributed by atoms with Gasteiger partial charge in [0.2, 0.25) is 0 Å². The zero-order chi connectivity index (χ0) is 26.1. The number of carbonyl (C=O) groups is 1. The molecule has 2 aliphatic rings. The molecule has 1 amide bonds. The third-order valence-electron chi connectivity index (χ3n) is 7.45. The van der Waals surface area contributed by atoms with Crippen LogP contribution < -0.4 is 15.0 Å². The molecule has 4 aromatic rings. The summed E-state index contributed by atoms with van der Waals surface area (Å²) in [6.07, 6.45) is 1.29. The Bertz CT molecular complexity index is 1540. The minimum Gasteiger partial charge on any atom is -0.497 e. The number of piperazine rings is 1. The summed E-state index contributed by atoms with van der Waals surface area (Å²) in [4.78, 5) is 30.2. The topological polar surface area (TPSA) is 87.8 Å². The molecule has 6 rings (SSSR count). The van der Waals surface area contributed by atoms with Crippen molar-refractivity contribution in [1.29, 1.82) is 0 Å². The number of methoxy groups -OCH3 is 1. The molecule has 38 heavy (non-hydrogen) atoms. The zero-order valence-electron chi connectivity index (χ0n) is 21.4. The molecule has 3 aromatic carbocycles. The summed E-state index contributed by atoms with van der Waals surface area (Å²) in [7, 11) is 1.67. The molecule has 2 aliphatic heterocycles. The van der Waals surface area contributed by atoms with Crippen molar-refractivity contribution in [1.82, 2.24) is 20.0 Å². The van der Waals surface area contributed by atoms with Crippen LogP contribution in [0.3, 0.4) is 0 Å². The van der Waals surface area contributed by atoms with Gasteiger partial charge in [0.15, 0.2) is 0 Å². The van der Waals surface area contributed by atoms with E-state index in [-0.39, 0.29) is 11.5 Å². The van der Waals surface area contributed by atoms with Crippen LogP contribution in [0.15, 0.2) is 65.5 Å². The summed E-state index contributed by atoms with van der Waals surface area (Å²) in [5.41, 5.74) is 4.47. The van der Waals surface area contributed by atoms with E-state index in [2.05, 4.69) is 33.3 Å². The summed E-state index contributed by atoms with van der Waals surface area (Å²) in [5, 5.41) is 8.39. The lowest BCUT2D eigenvalue weighted by Gasteiger charge is -2.35. The predicted octanol–water partition coefficient (Wildman–Crippen LogP) is 3.42. The van der Waals surface area contributed by atoms with E-state index in [9.17, 15) is 9.59 Å². The lowest BCUT2D eigenvalue weighted by molar-refractivity contribution is 0.0625. The van der Waals surface area contributed by atoms with Crippen LogP contribution in [0.25, 0.3) is 10.8 Å². The van der Waals surface area contributed by atoms with Gasteiger partial charge in [-0.1, -0.05) is 36.4 Å². The molecule has 194 valence electrons. The predicted molar refractivity (Wildman–Crippen MR) is 145 cm³/mol. The largest absolute Gasteiger partial charge is 0.497 e. The minimum absolute atomic E-state index is 0.00776. The highest BCUT2D eigenvalue weighted by atomic mass is 16.5. The van der Waals surface area contributed by atoms with Crippen LogP contribution in [-0.2, 0) is 19.4 Å². The number of rotatable bonds is 6. The Morgan fingerprint density at radius 1 is 1.00 bits per heavy atom. The van der Waals surface area contributed by atoms with Crippen LogP contribution in [0.5, 0.6) is 11.5 Å². The van der Waals surface area contributed by atoms with E-state index in [0.717, 1.165) is 54.0 Å². The summed E-state index contributed by atoms with van der Waals surface area (Å²) in [5.74, 6) is 1.57. The van der Waals surface area contributed by atoms with Gasteiger partial charge in [-0.25, -0.2) is 5.10 Å². The average molecular weight is 511 g/mol. The number of hydrogen-bond acceptors (Lipinski definition) is 6. The first kappa shape index (κ1) is 24.2. The maximum Gasteiger partial charge on any atom is 0.272 e. The molecule has 0 spiro atoms. The number of H-pyrrole nitrogens is 1. The minimum atomic E-state index is -0.200. The lowest BCUT2D eigenvalue weighted by atomic mass is 9.98. The Morgan fingerprint density at radius 2 is 1.76 bits per heavy atom. The number of nitrogens with zero attached hydrogens (tertiary/aromatic N) is 3. The Hall–Kier alpha value is -4.17. The van der Waals surface area contributed by atoms with Crippen LogP contribution in [0, 0.1) is 0 Å². The van der Waals surface area contributed by atoms with E-state index >= 15 is 0 Å². The molecule has 1 saturated heterocycles. The molecule has 8 heteroatoms. The molecule has 1 aromatic heterocycles. The highest BCUT2D eigenvalue weighted by molar-refractivity contribution is 5.98. The second-order valence-electron chi connectivity index (χ2n) is 9.87. The van der Waals surface area contributed by atoms with Crippen LogP contribution in [-0.4, -0.2) is 65.8 Å². The van der Waals surface area contributed by atoms with Crippen LogP contribution in [0.1, 0.15) is 32.7 Å². The summed E-state index contributed by atoms with van der Waals surface area (Å²) in [6, 6.07) is 19.7. The Labute approximate surface area is 220 Å². The fraction of sp³-hybridized carbons (Fsp3) is 0.300. The van der Waals surface area contributed by atoms with Crippen molar-refractivity contribution in [3.05, 3.63) is 99.0 Å². The summed E-state index contributed by atoms with van der Waals surface area (Å²) in [6.45, 7) is 4.39. The van der Waals surface area contributed by atoms with Gasteiger partial charge in [0.05, 0.1) is 30.4 Å². The van der Waals surface area contributed by atoms with Gasteiger partial charge >= 0.3 is 0 Å². The number of fused-ring (bicyclic) bond motifs is 2. The Balaban J connectivity index is 1.19. The van der Waals surface area contributed by atoms with Crippen LogP contribution in [0.4, 0.5) is 0 Å². The first-order valence-electron chi connectivity index (χ1n) is 13.0. The highest BCUT2D eigenvalue weighted by Gasteiger charge is 2.28. The van der Waals surface area contributed by atoms with Gasteiger partial charge in [0, 0.05) is 51.0 Å². The molecular weight excluding hydrogens is 480 g/mol. The normalized spacial score (nSPS) is 15.3. The molecule has 3 heterocycles. The van der Waals surface area contributed by atoms with Gasteiger partial charge in [0.1, 0.15) is 11.5 Å². The fourth-order valence-corrected chi connectivity index (χ4v) is 5.40. The first-order chi connectivity index (χ1) is 18.6. The number of ether oxygens (including phenoxy) is 2. The number of nitrogens with one attached hydrogen (secondary N) is 1. The van der Waals surface area contributed by atoms with Gasteiger partial charge in [-0.15, -0.1) is 0 Å². The molecule has 0 saturated carbocycles. The van der Waals surface area contributed by atoms with Crippen molar-refractivity contribution in [3.8, 4) is 11.5 Å². The van der Waals surface area contributed by atoms with Gasteiger partial charge in [-0.2, -0.15) is 5.10 Å². The molecule has 1 fully saturated rings. The number of amides is 1. The molecular formula is C30H30N4O4. The van der Waals surface area contributed by atoms with Crippen molar-refractivity contribution >= 4 is 16.7 Å². The maximum absolute atomic E-state index is 13.7. The number of carbonyl (C=O) groups excluding carboxylic acids is 1. The molecule has 0 atom stereocenters. The molecule has 0 aliphatic carbocycles. The smallest absolute Gasteiger partial charge is 0.272 e. The van der Waals surface area contributed by atoms with E-state index in [4.69, 9.17) is 9.47 Å². The fourth-order valence-electron chi connectivity index (χ4n) is 5.40. The number of aromatic nitrogens is 2. The lowest BCUT2D eigenvalue weighted by Crippen LogP contribution is -2.48. The van der Waals surface area contributed by atoms with Crippen LogP contribution >= 0.6 is 0 Å². The summed E-state index contributed by atoms with van der Waals surface area (Å²) >= 11 is 0. The molecule has 0 radical (unpaired) electrons. The van der Waals surface area contributed by atoms with E-state index < -0.39 is 0 Å². The molecule has 0 unspecified atom stereocenters. The monoisotopic (exact) mass is 510 g/mol. The van der Waals surface area contributed by atoms with Gasteiger partial charge in [0.25, 0.3) is 11.5 Å². The highest BCUT2D eigenvalue weighted by Crippen LogP contribution is 2.33. The Kier molecular flexibility index (Phi) is 6.55. The van der Waals surface area contributed by atoms with Crippen molar-refractivity contribution in [2.45, 2.75) is 19.4 Å². The third kappa shape index (κ3) is 4.75. The van der Waals surface area contributed by atoms with Crippen molar-refractivity contribution in [3.63, 3.8) is 0 Å². The van der Waals surface area contributed by atoms with Gasteiger partial charge in [-0.05, 0) is 41.0 Å². The number of benzene rings is 3. The van der Waals surface area contributed by atoms with Crippen molar-refractivity contribution in [2.24, 2.45) is 0 Å². The molecule has 0 bridgehead atoms.